The third kappa shape index (κ3) is 2.10. The summed E-state index contributed by atoms with van der Waals surface area (Å²) in [6, 6.07) is 0.149. The lowest BCUT2D eigenvalue weighted by Gasteiger charge is -2.45. The molecule has 0 bridgehead atoms. The molecule has 2 saturated heterocycles. The summed E-state index contributed by atoms with van der Waals surface area (Å²) in [5.41, 5.74) is 0. The van der Waals surface area contributed by atoms with Crippen LogP contribution in [0.3, 0.4) is 0 Å². The number of thioether (sulfide) groups is 1. The molecule has 3 aliphatic heterocycles. The van der Waals surface area contributed by atoms with Gasteiger partial charge >= 0.3 is 0 Å². The Labute approximate surface area is 122 Å². The van der Waals surface area contributed by atoms with Gasteiger partial charge in [0.2, 0.25) is 5.91 Å². The molecule has 0 saturated carbocycles. The number of nitrogens with one attached hydrogen (secondary N) is 1. The van der Waals surface area contributed by atoms with Gasteiger partial charge in [-0.05, 0) is 6.92 Å². The smallest absolute Gasteiger partial charge is 0.234 e. The van der Waals surface area contributed by atoms with E-state index in [1.165, 1.54) is 4.91 Å². The molecule has 0 aromatic rings. The van der Waals surface area contributed by atoms with Crippen molar-refractivity contribution in [3.05, 3.63) is 11.1 Å². The number of nitrogens with zero attached hydrogens (tertiary/aromatic N) is 1. The van der Waals surface area contributed by atoms with Crippen molar-refractivity contribution in [2.75, 3.05) is 6.54 Å². The number of carbonyl (C=O) groups is 1. The van der Waals surface area contributed by atoms with Crippen molar-refractivity contribution >= 4 is 34.9 Å². The van der Waals surface area contributed by atoms with Gasteiger partial charge in [-0.2, -0.15) is 0 Å². The first-order valence-electron chi connectivity index (χ1n) is 6.64. The summed E-state index contributed by atoms with van der Waals surface area (Å²) >= 11 is 6.98. The summed E-state index contributed by atoms with van der Waals surface area (Å²) in [4.78, 5) is 15.9. The SMILES string of the molecule is C[C@@H](O)[C@H]1C(=O)N2C=C(S[C@H]3CNC(=S)C3)[C@H](C)[C@H]12. The number of carbonyl (C=O) groups excluding carboxylic acids is 1. The highest BCUT2D eigenvalue weighted by Crippen LogP contribution is 2.47. The molecule has 2 fully saturated rings. The Bertz CT molecular complexity index is 464. The van der Waals surface area contributed by atoms with Gasteiger partial charge in [0.05, 0.1) is 23.1 Å². The van der Waals surface area contributed by atoms with Gasteiger partial charge in [0.25, 0.3) is 0 Å². The van der Waals surface area contributed by atoms with Gasteiger partial charge in [0.1, 0.15) is 0 Å². The Morgan fingerprint density at radius 3 is 2.95 bits per heavy atom. The van der Waals surface area contributed by atoms with E-state index >= 15 is 0 Å². The number of hydrogen-bond acceptors (Lipinski definition) is 4. The van der Waals surface area contributed by atoms with Crippen LogP contribution in [-0.4, -0.2) is 44.8 Å². The van der Waals surface area contributed by atoms with E-state index in [9.17, 15) is 9.90 Å². The summed E-state index contributed by atoms with van der Waals surface area (Å²) in [6.45, 7) is 4.76. The fourth-order valence-corrected chi connectivity index (χ4v) is 4.88. The van der Waals surface area contributed by atoms with Crippen LogP contribution in [0.5, 0.6) is 0 Å². The van der Waals surface area contributed by atoms with Crippen molar-refractivity contribution < 1.29 is 9.90 Å². The fraction of sp³-hybridized carbons (Fsp3) is 0.692. The monoisotopic (exact) mass is 298 g/mol. The summed E-state index contributed by atoms with van der Waals surface area (Å²) in [6.07, 6.45) is 2.33. The number of fused-ring (bicyclic) bond motifs is 1. The maximum Gasteiger partial charge on any atom is 0.234 e. The van der Waals surface area contributed by atoms with Crippen LogP contribution in [0.1, 0.15) is 20.3 Å². The highest BCUT2D eigenvalue weighted by Gasteiger charge is 2.55. The standard InChI is InChI=1S/C13H18N2O2S2/c1-6-9(19-8-3-10(18)14-4-8)5-15-12(6)11(7(2)16)13(15)17/h5-8,11-12,16H,3-4H2,1-2H3,(H,14,18)/t6-,7+,8+,11+,12+/m0/s1. The molecule has 0 spiro atoms. The first-order valence-corrected chi connectivity index (χ1v) is 7.93. The molecule has 3 rings (SSSR count). The lowest BCUT2D eigenvalue weighted by Crippen LogP contribution is -2.61. The zero-order valence-corrected chi connectivity index (χ0v) is 12.6. The predicted molar refractivity (Wildman–Crippen MR) is 79.6 cm³/mol. The molecule has 5 atom stereocenters. The largest absolute Gasteiger partial charge is 0.393 e. The lowest BCUT2D eigenvalue weighted by molar-refractivity contribution is -0.158. The minimum Gasteiger partial charge on any atom is -0.393 e. The second-order valence-electron chi connectivity index (χ2n) is 5.57. The van der Waals surface area contributed by atoms with E-state index in [0.717, 1.165) is 18.0 Å². The third-order valence-electron chi connectivity index (χ3n) is 4.22. The number of aliphatic hydroxyl groups is 1. The molecular weight excluding hydrogens is 280 g/mol. The Balaban J connectivity index is 1.69. The van der Waals surface area contributed by atoms with Crippen LogP contribution in [0.2, 0.25) is 0 Å². The van der Waals surface area contributed by atoms with Crippen LogP contribution in [0.25, 0.3) is 0 Å². The van der Waals surface area contributed by atoms with Crippen molar-refractivity contribution in [3.63, 3.8) is 0 Å². The lowest BCUT2D eigenvalue weighted by atomic mass is 9.79. The van der Waals surface area contributed by atoms with Crippen LogP contribution >= 0.6 is 24.0 Å². The molecule has 19 heavy (non-hydrogen) atoms. The zero-order chi connectivity index (χ0) is 13.7. The molecular formula is C13H18N2O2S2. The van der Waals surface area contributed by atoms with E-state index in [2.05, 4.69) is 12.2 Å². The van der Waals surface area contributed by atoms with Crippen molar-refractivity contribution in [3.8, 4) is 0 Å². The van der Waals surface area contributed by atoms with E-state index in [1.807, 2.05) is 18.0 Å². The van der Waals surface area contributed by atoms with Crippen LogP contribution in [0.15, 0.2) is 11.1 Å². The highest BCUT2D eigenvalue weighted by molar-refractivity contribution is 8.03. The average molecular weight is 298 g/mol. The number of rotatable bonds is 3. The molecule has 0 radical (unpaired) electrons. The van der Waals surface area contributed by atoms with Crippen LogP contribution < -0.4 is 5.32 Å². The maximum atomic E-state index is 11.9. The van der Waals surface area contributed by atoms with E-state index in [-0.39, 0.29) is 17.9 Å². The highest BCUT2D eigenvalue weighted by atomic mass is 32.2. The quantitative estimate of drug-likeness (QED) is 0.604. The molecule has 104 valence electrons. The summed E-state index contributed by atoms with van der Waals surface area (Å²) in [5.74, 6) is 0.145. The topological polar surface area (TPSA) is 52.6 Å². The Morgan fingerprint density at radius 2 is 2.37 bits per heavy atom. The second-order valence-corrected chi connectivity index (χ2v) is 7.44. The molecule has 0 aromatic carbocycles. The van der Waals surface area contributed by atoms with Crippen LogP contribution in [0, 0.1) is 11.8 Å². The van der Waals surface area contributed by atoms with Gasteiger partial charge in [-0.1, -0.05) is 19.1 Å². The molecule has 6 heteroatoms. The summed E-state index contributed by atoms with van der Waals surface area (Å²) in [5, 5.41) is 13.4. The molecule has 0 aromatic heterocycles. The van der Waals surface area contributed by atoms with Gasteiger partial charge < -0.3 is 15.3 Å². The number of amides is 1. The molecule has 3 aliphatic rings. The molecule has 4 nitrogen and oxygen atoms in total. The zero-order valence-electron chi connectivity index (χ0n) is 11.0. The van der Waals surface area contributed by atoms with Crippen molar-refractivity contribution in [1.82, 2.24) is 10.2 Å². The fourth-order valence-electron chi connectivity index (χ4n) is 3.16. The van der Waals surface area contributed by atoms with Crippen molar-refractivity contribution in [2.24, 2.45) is 11.8 Å². The van der Waals surface area contributed by atoms with E-state index in [4.69, 9.17) is 12.2 Å². The van der Waals surface area contributed by atoms with Gasteiger partial charge in [-0.15, -0.1) is 11.8 Å². The normalized spacial score (nSPS) is 38.7. The van der Waals surface area contributed by atoms with E-state index in [1.54, 1.807) is 11.8 Å². The van der Waals surface area contributed by atoms with Gasteiger partial charge in [-0.3, -0.25) is 4.79 Å². The number of β-lactam (4-membered cyclic amide) rings is 1. The van der Waals surface area contributed by atoms with Gasteiger partial charge in [0, 0.05) is 35.2 Å². The average Bonchev–Trinajstić information content (AvgIpc) is 2.85. The van der Waals surface area contributed by atoms with Crippen LogP contribution in [0.4, 0.5) is 0 Å². The first kappa shape index (κ1) is 13.4. The van der Waals surface area contributed by atoms with Gasteiger partial charge in [-0.25, -0.2) is 0 Å². The third-order valence-corrected chi connectivity index (χ3v) is 5.95. The second kappa shape index (κ2) is 4.75. The molecule has 0 unspecified atom stereocenters. The molecule has 3 heterocycles. The Hall–Kier alpha value is -0.590. The summed E-state index contributed by atoms with van der Waals surface area (Å²) < 4.78 is 0. The number of hydrogen-bond donors (Lipinski definition) is 2. The van der Waals surface area contributed by atoms with Crippen molar-refractivity contribution in [2.45, 2.75) is 37.7 Å². The maximum absolute atomic E-state index is 11.9. The number of thiocarbonyl (C=S) groups is 1. The minimum absolute atomic E-state index is 0.0579. The van der Waals surface area contributed by atoms with Gasteiger partial charge in [0.15, 0.2) is 0 Å². The predicted octanol–water partition coefficient (Wildman–Crippen LogP) is 1.11. The van der Waals surface area contributed by atoms with E-state index in [0.29, 0.717) is 11.2 Å². The molecule has 1 amide bonds. The summed E-state index contributed by atoms with van der Waals surface area (Å²) in [7, 11) is 0. The van der Waals surface area contributed by atoms with E-state index < -0.39 is 6.10 Å². The Morgan fingerprint density at radius 1 is 1.63 bits per heavy atom. The number of aliphatic hydroxyl groups excluding tert-OH is 1. The van der Waals surface area contributed by atoms with Crippen LogP contribution in [-0.2, 0) is 4.79 Å². The molecule has 2 N–H and O–H groups in total. The first-order chi connectivity index (χ1) is 8.99. The van der Waals surface area contributed by atoms with Crippen molar-refractivity contribution in [1.29, 1.82) is 0 Å². The molecule has 0 aliphatic carbocycles. The Kier molecular flexibility index (Phi) is 3.35. The minimum atomic E-state index is -0.560.